The zero-order valence-electron chi connectivity index (χ0n) is 9.63. The van der Waals surface area contributed by atoms with Gasteiger partial charge in [0.2, 0.25) is 0 Å². The summed E-state index contributed by atoms with van der Waals surface area (Å²) in [6.45, 7) is 9.27. The molecule has 0 aromatic heterocycles. The van der Waals surface area contributed by atoms with Gasteiger partial charge in [-0.05, 0) is 6.42 Å². The monoisotopic (exact) mass is 200 g/mol. The zero-order valence-corrected chi connectivity index (χ0v) is 9.63. The second-order valence-electron chi connectivity index (χ2n) is 3.73. The minimum absolute atomic E-state index is 0.370. The normalized spacial score (nSPS) is 12.7. The Balaban J connectivity index is 2.95. The predicted octanol–water partition coefficient (Wildman–Crippen LogP) is 3.73. The van der Waals surface area contributed by atoms with E-state index in [2.05, 4.69) is 20.4 Å². The minimum atomic E-state index is 0.370. The summed E-state index contributed by atoms with van der Waals surface area (Å²) in [4.78, 5) is 10.1. The maximum atomic E-state index is 5.04. The summed E-state index contributed by atoms with van der Waals surface area (Å²) in [5, 5.41) is 0. The summed E-state index contributed by atoms with van der Waals surface area (Å²) in [6, 6.07) is 0. The van der Waals surface area contributed by atoms with E-state index in [4.69, 9.17) is 9.78 Å². The van der Waals surface area contributed by atoms with Crippen molar-refractivity contribution in [3.8, 4) is 0 Å². The van der Waals surface area contributed by atoms with Gasteiger partial charge in [0, 0.05) is 5.92 Å². The van der Waals surface area contributed by atoms with Gasteiger partial charge in [0.15, 0.2) is 0 Å². The molecule has 0 aromatic rings. The molecule has 0 aliphatic heterocycles. The molecule has 0 fully saturated rings. The van der Waals surface area contributed by atoms with Crippen LogP contribution in [0.4, 0.5) is 0 Å². The molecule has 84 valence electrons. The molecule has 0 amide bonds. The van der Waals surface area contributed by atoms with Crippen molar-refractivity contribution in [2.45, 2.75) is 46.0 Å². The van der Waals surface area contributed by atoms with Gasteiger partial charge >= 0.3 is 0 Å². The molecule has 0 spiro atoms. The Bertz CT molecular complexity index is 123. The third kappa shape index (κ3) is 9.75. The first kappa shape index (κ1) is 13.7. The fourth-order valence-corrected chi connectivity index (χ4v) is 1.05. The van der Waals surface area contributed by atoms with Crippen LogP contribution in [0.25, 0.3) is 0 Å². The van der Waals surface area contributed by atoms with Crippen LogP contribution in [0.3, 0.4) is 0 Å². The number of rotatable bonds is 10. The molecule has 0 aromatic carbocycles. The van der Waals surface area contributed by atoms with Crippen molar-refractivity contribution in [2.24, 2.45) is 5.92 Å². The average Bonchev–Trinajstić information content (AvgIpc) is 2.21. The highest BCUT2D eigenvalue weighted by molar-refractivity contribution is 4.73. The molecule has 0 radical (unpaired) electrons. The van der Waals surface area contributed by atoms with Crippen LogP contribution >= 0.6 is 0 Å². The lowest BCUT2D eigenvalue weighted by Gasteiger charge is -2.06. The Labute approximate surface area is 88.2 Å². The fraction of sp³-hybridized carbons (Fsp3) is 0.833. The van der Waals surface area contributed by atoms with E-state index in [-0.39, 0.29) is 0 Å². The van der Waals surface area contributed by atoms with E-state index in [1.165, 1.54) is 25.7 Å². The summed E-state index contributed by atoms with van der Waals surface area (Å²) < 4.78 is 0. The average molecular weight is 200 g/mol. The van der Waals surface area contributed by atoms with E-state index in [9.17, 15) is 0 Å². The summed E-state index contributed by atoms with van der Waals surface area (Å²) in [7, 11) is 0. The third-order valence-corrected chi connectivity index (χ3v) is 2.15. The Morgan fingerprint density at radius 2 is 1.86 bits per heavy atom. The van der Waals surface area contributed by atoms with Crippen LogP contribution in [0.15, 0.2) is 12.7 Å². The first-order valence-electron chi connectivity index (χ1n) is 5.68. The number of unbranched alkanes of at least 4 members (excludes halogenated alkanes) is 4. The smallest absolute Gasteiger partial charge is 0.0882 e. The van der Waals surface area contributed by atoms with E-state index < -0.39 is 0 Å². The maximum Gasteiger partial charge on any atom is 0.0882 e. The highest BCUT2D eigenvalue weighted by Gasteiger charge is 1.96. The molecule has 1 unspecified atom stereocenters. The Kier molecular flexibility index (Phi) is 10.5. The van der Waals surface area contributed by atoms with Crippen molar-refractivity contribution in [3.05, 3.63) is 12.7 Å². The van der Waals surface area contributed by atoms with E-state index in [1.54, 1.807) is 0 Å². The molecule has 14 heavy (non-hydrogen) atoms. The van der Waals surface area contributed by atoms with Crippen molar-refractivity contribution < 1.29 is 9.78 Å². The van der Waals surface area contributed by atoms with Gasteiger partial charge in [-0.1, -0.05) is 45.6 Å². The predicted molar refractivity (Wildman–Crippen MR) is 60.0 cm³/mol. The molecule has 0 saturated carbocycles. The second-order valence-corrected chi connectivity index (χ2v) is 3.73. The van der Waals surface area contributed by atoms with Crippen LogP contribution in [0, 0.1) is 5.92 Å². The van der Waals surface area contributed by atoms with Crippen LogP contribution in [0.2, 0.25) is 0 Å². The maximum absolute atomic E-state index is 5.04. The molecular formula is C12H24O2. The highest BCUT2D eigenvalue weighted by Crippen LogP contribution is 2.03. The number of hydrogen-bond donors (Lipinski definition) is 0. The molecule has 0 heterocycles. The molecule has 0 rings (SSSR count). The molecule has 0 aliphatic carbocycles. The molecule has 0 saturated heterocycles. The molecule has 2 nitrogen and oxygen atoms in total. The summed E-state index contributed by atoms with van der Waals surface area (Å²) in [6.07, 6.45) is 8.13. The molecular weight excluding hydrogens is 176 g/mol. The second kappa shape index (κ2) is 10.7. The van der Waals surface area contributed by atoms with Crippen LogP contribution in [-0.2, 0) is 9.78 Å². The molecule has 0 aliphatic rings. The van der Waals surface area contributed by atoms with Gasteiger partial charge in [-0.3, -0.25) is 0 Å². The van der Waals surface area contributed by atoms with Crippen LogP contribution in [-0.4, -0.2) is 13.2 Å². The Morgan fingerprint density at radius 1 is 1.14 bits per heavy atom. The molecule has 2 heteroatoms. The summed E-state index contributed by atoms with van der Waals surface area (Å²) in [5.74, 6) is 0.370. The molecule has 0 bridgehead atoms. The van der Waals surface area contributed by atoms with Crippen molar-refractivity contribution in [1.29, 1.82) is 0 Å². The van der Waals surface area contributed by atoms with E-state index in [0.717, 1.165) is 6.42 Å². The van der Waals surface area contributed by atoms with Crippen molar-refractivity contribution in [2.75, 3.05) is 13.2 Å². The zero-order chi connectivity index (χ0) is 10.6. The molecule has 0 N–H and O–H groups in total. The van der Waals surface area contributed by atoms with Gasteiger partial charge in [0.25, 0.3) is 0 Å². The van der Waals surface area contributed by atoms with E-state index in [0.29, 0.717) is 19.1 Å². The lowest BCUT2D eigenvalue weighted by atomic mass is 10.2. The largest absolute Gasteiger partial charge is 0.237 e. The SMILES string of the molecule is C=CC(C)COOCCCCCCC. The van der Waals surface area contributed by atoms with Crippen LogP contribution < -0.4 is 0 Å². The van der Waals surface area contributed by atoms with Crippen LogP contribution in [0.5, 0.6) is 0 Å². The van der Waals surface area contributed by atoms with Gasteiger partial charge in [0.1, 0.15) is 0 Å². The minimum Gasteiger partial charge on any atom is -0.237 e. The van der Waals surface area contributed by atoms with E-state index >= 15 is 0 Å². The van der Waals surface area contributed by atoms with Gasteiger partial charge in [-0.15, -0.1) is 6.58 Å². The summed E-state index contributed by atoms with van der Waals surface area (Å²) in [5.41, 5.74) is 0. The lowest BCUT2D eigenvalue weighted by molar-refractivity contribution is -0.298. The summed E-state index contributed by atoms with van der Waals surface area (Å²) >= 11 is 0. The first-order valence-corrected chi connectivity index (χ1v) is 5.68. The lowest BCUT2D eigenvalue weighted by Crippen LogP contribution is -2.04. The van der Waals surface area contributed by atoms with E-state index in [1.807, 2.05) is 6.08 Å². The highest BCUT2D eigenvalue weighted by atomic mass is 17.2. The Morgan fingerprint density at radius 3 is 2.50 bits per heavy atom. The van der Waals surface area contributed by atoms with Gasteiger partial charge < -0.3 is 0 Å². The van der Waals surface area contributed by atoms with Gasteiger partial charge in [-0.25, -0.2) is 9.78 Å². The van der Waals surface area contributed by atoms with Crippen LogP contribution in [0.1, 0.15) is 46.0 Å². The number of hydrogen-bond acceptors (Lipinski definition) is 2. The molecule has 1 atom stereocenters. The topological polar surface area (TPSA) is 18.5 Å². The van der Waals surface area contributed by atoms with Crippen molar-refractivity contribution in [3.63, 3.8) is 0 Å². The Hall–Kier alpha value is -0.340. The quantitative estimate of drug-likeness (QED) is 0.231. The van der Waals surface area contributed by atoms with Crippen molar-refractivity contribution >= 4 is 0 Å². The standard InChI is InChI=1S/C12H24O2/c1-4-6-7-8-9-10-13-14-11-12(3)5-2/h5,12H,2,4,6-11H2,1,3H3. The fourth-order valence-electron chi connectivity index (χ4n) is 1.05. The third-order valence-electron chi connectivity index (χ3n) is 2.15. The van der Waals surface area contributed by atoms with Gasteiger partial charge in [-0.2, -0.15) is 0 Å². The first-order chi connectivity index (χ1) is 6.81. The van der Waals surface area contributed by atoms with Gasteiger partial charge in [0.05, 0.1) is 13.2 Å². The van der Waals surface area contributed by atoms with Crippen molar-refractivity contribution in [1.82, 2.24) is 0 Å².